The molecule has 1 aliphatic carbocycles. The summed E-state index contributed by atoms with van der Waals surface area (Å²) in [6.07, 6.45) is 6.86. The summed E-state index contributed by atoms with van der Waals surface area (Å²) in [4.78, 5) is 33.1. The van der Waals surface area contributed by atoms with E-state index in [9.17, 15) is 14.0 Å². The Morgan fingerprint density at radius 2 is 1.75 bits per heavy atom. The first-order chi connectivity index (χ1) is 19.5. The molecule has 1 heterocycles. The van der Waals surface area contributed by atoms with Gasteiger partial charge in [0.2, 0.25) is 11.8 Å². The number of amides is 2. The van der Waals surface area contributed by atoms with Crippen LogP contribution in [0, 0.1) is 5.82 Å². The number of methoxy groups -OCH3 is 2. The normalized spacial score (nSPS) is 14.5. The van der Waals surface area contributed by atoms with Crippen LogP contribution in [0.4, 0.5) is 10.1 Å². The quantitative estimate of drug-likeness (QED) is 0.268. The summed E-state index contributed by atoms with van der Waals surface area (Å²) in [7, 11) is 3.07. The van der Waals surface area contributed by atoms with E-state index in [4.69, 9.17) is 9.47 Å². The number of carbonyl (C=O) groups excluding carboxylic acids is 2. The van der Waals surface area contributed by atoms with E-state index in [1.54, 1.807) is 25.3 Å². The molecular formula is C32H34FN3O4. The third kappa shape index (κ3) is 5.81. The molecule has 1 aliphatic rings. The number of para-hydroxylation sites is 1. The Bertz CT molecular complexity index is 1480. The molecule has 0 radical (unpaired) electrons. The minimum atomic E-state index is -1.06. The molecule has 40 heavy (non-hydrogen) atoms. The summed E-state index contributed by atoms with van der Waals surface area (Å²) in [5, 5.41) is 4.13. The highest BCUT2D eigenvalue weighted by Crippen LogP contribution is 2.37. The molecule has 0 saturated heterocycles. The fraction of sp³-hybridized carbons (Fsp3) is 0.312. The molecule has 8 heteroatoms. The maximum absolute atomic E-state index is 14.2. The van der Waals surface area contributed by atoms with Crippen molar-refractivity contribution in [1.29, 1.82) is 0 Å². The van der Waals surface area contributed by atoms with E-state index in [0.717, 1.165) is 48.6 Å². The first-order valence-electron chi connectivity index (χ1n) is 13.6. The van der Waals surface area contributed by atoms with Gasteiger partial charge in [0.15, 0.2) is 0 Å². The van der Waals surface area contributed by atoms with Crippen LogP contribution in [-0.2, 0) is 16.0 Å². The lowest BCUT2D eigenvalue weighted by Crippen LogP contribution is -2.47. The van der Waals surface area contributed by atoms with Gasteiger partial charge in [0.05, 0.1) is 20.6 Å². The summed E-state index contributed by atoms with van der Waals surface area (Å²) >= 11 is 0. The second kappa shape index (κ2) is 12.2. The Labute approximate surface area is 233 Å². The molecular weight excluding hydrogens is 509 g/mol. The Morgan fingerprint density at radius 3 is 2.48 bits per heavy atom. The number of anilines is 1. The number of rotatable bonds is 9. The van der Waals surface area contributed by atoms with E-state index in [0.29, 0.717) is 22.7 Å². The molecule has 2 N–H and O–H groups in total. The first kappa shape index (κ1) is 27.2. The lowest BCUT2D eigenvalue weighted by molar-refractivity contribution is -0.127. The van der Waals surface area contributed by atoms with Gasteiger partial charge in [-0.05, 0) is 60.9 Å². The van der Waals surface area contributed by atoms with Crippen LogP contribution in [0.25, 0.3) is 10.9 Å². The monoisotopic (exact) mass is 543 g/mol. The van der Waals surface area contributed by atoms with Crippen LogP contribution in [0.2, 0.25) is 0 Å². The van der Waals surface area contributed by atoms with Crippen LogP contribution in [-0.4, -0.2) is 37.1 Å². The van der Waals surface area contributed by atoms with E-state index >= 15 is 0 Å². The van der Waals surface area contributed by atoms with Gasteiger partial charge in [-0.15, -0.1) is 0 Å². The minimum absolute atomic E-state index is 0.0202. The third-order valence-electron chi connectivity index (χ3n) is 7.58. The number of hydrogen-bond donors (Lipinski definition) is 2. The number of aromatic nitrogens is 1. The fourth-order valence-corrected chi connectivity index (χ4v) is 5.53. The number of nitrogens with zero attached hydrogens (tertiary/aromatic N) is 1. The molecule has 1 atom stereocenters. The number of carbonyl (C=O) groups is 2. The molecule has 1 saturated carbocycles. The van der Waals surface area contributed by atoms with E-state index in [1.165, 1.54) is 36.3 Å². The summed E-state index contributed by atoms with van der Waals surface area (Å²) < 4.78 is 25.1. The van der Waals surface area contributed by atoms with E-state index in [2.05, 4.69) is 10.3 Å². The zero-order valence-corrected chi connectivity index (χ0v) is 22.8. The highest BCUT2D eigenvalue weighted by molar-refractivity contribution is 6.03. The molecule has 0 spiro atoms. The van der Waals surface area contributed by atoms with Gasteiger partial charge in [0.25, 0.3) is 0 Å². The molecule has 7 nitrogen and oxygen atoms in total. The van der Waals surface area contributed by atoms with E-state index < -0.39 is 11.9 Å². The van der Waals surface area contributed by atoms with Gasteiger partial charge in [0.1, 0.15) is 23.4 Å². The highest BCUT2D eigenvalue weighted by atomic mass is 19.1. The molecule has 5 rings (SSSR count). The Kier molecular flexibility index (Phi) is 8.34. The maximum atomic E-state index is 14.2. The number of hydrogen-bond acceptors (Lipinski definition) is 4. The van der Waals surface area contributed by atoms with E-state index in [-0.39, 0.29) is 24.3 Å². The minimum Gasteiger partial charge on any atom is -0.497 e. The van der Waals surface area contributed by atoms with Gasteiger partial charge in [-0.25, -0.2) is 4.39 Å². The molecule has 4 aromatic rings. The standard InChI is InChI=1S/C32H34FN3O4/c1-39-25-16-17-27(29(19-25)40-2)31(32(38)35-23-8-4-3-5-9-23)36(24-14-12-22(33)13-15-24)30(37)18-21-20-34-28-11-7-6-10-26(21)28/h6-7,10-17,19-20,23,31,34H,3-5,8-9,18H2,1-2H3,(H,35,38)/t31-/m0/s1. The lowest BCUT2D eigenvalue weighted by atomic mass is 9.94. The van der Waals surface area contributed by atoms with Crippen molar-refractivity contribution in [3.8, 4) is 11.5 Å². The van der Waals surface area contributed by atoms with Crippen molar-refractivity contribution in [2.45, 2.75) is 50.6 Å². The number of ether oxygens (including phenoxy) is 2. The van der Waals surface area contributed by atoms with Gasteiger partial charge < -0.3 is 19.8 Å². The van der Waals surface area contributed by atoms with Crippen molar-refractivity contribution in [3.63, 3.8) is 0 Å². The molecule has 2 amide bonds. The average molecular weight is 544 g/mol. The third-order valence-corrected chi connectivity index (χ3v) is 7.58. The molecule has 208 valence electrons. The molecule has 1 aromatic heterocycles. The van der Waals surface area contributed by atoms with Crippen molar-refractivity contribution in [1.82, 2.24) is 10.3 Å². The first-order valence-corrected chi connectivity index (χ1v) is 13.6. The number of nitrogens with one attached hydrogen (secondary N) is 2. The molecule has 3 aromatic carbocycles. The van der Waals surface area contributed by atoms with Crippen LogP contribution in [0.1, 0.15) is 49.3 Å². The largest absolute Gasteiger partial charge is 0.497 e. The van der Waals surface area contributed by atoms with Crippen molar-refractivity contribution >= 4 is 28.4 Å². The predicted molar refractivity (Wildman–Crippen MR) is 153 cm³/mol. The Balaban J connectivity index is 1.61. The van der Waals surface area contributed by atoms with Gasteiger partial charge in [-0.2, -0.15) is 0 Å². The highest BCUT2D eigenvalue weighted by Gasteiger charge is 2.36. The number of halogens is 1. The molecule has 0 aliphatic heterocycles. The van der Waals surface area contributed by atoms with Gasteiger partial charge >= 0.3 is 0 Å². The predicted octanol–water partition coefficient (Wildman–Crippen LogP) is 6.09. The summed E-state index contributed by atoms with van der Waals surface area (Å²) in [6, 6.07) is 17.5. The van der Waals surface area contributed by atoms with Crippen molar-refractivity contribution in [2.75, 3.05) is 19.1 Å². The topological polar surface area (TPSA) is 83.7 Å². The van der Waals surface area contributed by atoms with Crippen molar-refractivity contribution < 1.29 is 23.5 Å². The van der Waals surface area contributed by atoms with Gasteiger partial charge in [0, 0.05) is 40.5 Å². The van der Waals surface area contributed by atoms with E-state index in [1.807, 2.05) is 30.5 Å². The Morgan fingerprint density at radius 1 is 1.00 bits per heavy atom. The SMILES string of the molecule is COc1ccc([C@@H](C(=O)NC2CCCCC2)N(C(=O)Cc2c[nH]c3ccccc23)c2ccc(F)cc2)c(OC)c1. The summed E-state index contributed by atoms with van der Waals surface area (Å²) in [5.74, 6) is -0.0800. The maximum Gasteiger partial charge on any atom is 0.248 e. The lowest BCUT2D eigenvalue weighted by Gasteiger charge is -2.34. The fourth-order valence-electron chi connectivity index (χ4n) is 5.53. The average Bonchev–Trinajstić information content (AvgIpc) is 3.39. The Hall–Kier alpha value is -4.33. The number of H-pyrrole nitrogens is 1. The van der Waals surface area contributed by atoms with Crippen LogP contribution in [0.3, 0.4) is 0 Å². The molecule has 0 bridgehead atoms. The molecule has 0 unspecified atom stereocenters. The second-order valence-corrected chi connectivity index (χ2v) is 10.1. The van der Waals surface area contributed by atoms with Crippen LogP contribution < -0.4 is 19.7 Å². The summed E-state index contributed by atoms with van der Waals surface area (Å²) in [6.45, 7) is 0. The van der Waals surface area contributed by atoms with Crippen molar-refractivity contribution in [2.24, 2.45) is 0 Å². The number of benzene rings is 3. The molecule has 1 fully saturated rings. The number of fused-ring (bicyclic) bond motifs is 1. The summed E-state index contributed by atoms with van der Waals surface area (Å²) in [5.41, 5.74) is 2.64. The smallest absolute Gasteiger partial charge is 0.248 e. The zero-order chi connectivity index (χ0) is 28.1. The zero-order valence-electron chi connectivity index (χ0n) is 22.8. The van der Waals surface area contributed by atoms with Crippen molar-refractivity contribution in [3.05, 3.63) is 89.9 Å². The van der Waals surface area contributed by atoms with Crippen LogP contribution in [0.5, 0.6) is 11.5 Å². The number of aromatic amines is 1. The van der Waals surface area contributed by atoms with Crippen LogP contribution in [0.15, 0.2) is 72.9 Å². The van der Waals surface area contributed by atoms with Gasteiger partial charge in [-0.1, -0.05) is 37.5 Å². The van der Waals surface area contributed by atoms with Crippen LogP contribution >= 0.6 is 0 Å². The van der Waals surface area contributed by atoms with Gasteiger partial charge in [-0.3, -0.25) is 14.5 Å². The second-order valence-electron chi connectivity index (χ2n) is 10.1.